The molecule has 7 nitrogen and oxygen atoms in total. The number of halogens is 2. The van der Waals surface area contributed by atoms with Gasteiger partial charge in [0.25, 0.3) is 5.91 Å². The molecule has 2 aromatic carbocycles. The van der Waals surface area contributed by atoms with E-state index in [9.17, 15) is 14.0 Å². The van der Waals surface area contributed by atoms with E-state index in [0.717, 1.165) is 5.56 Å². The topological polar surface area (TPSA) is 87.2 Å². The van der Waals surface area contributed by atoms with Gasteiger partial charge in [-0.1, -0.05) is 41.9 Å². The highest BCUT2D eigenvalue weighted by Crippen LogP contribution is 2.25. The Morgan fingerprint density at radius 3 is 2.73 bits per heavy atom. The zero-order chi connectivity index (χ0) is 23.6. The Hall–Kier alpha value is -3.52. The molecule has 2 amide bonds. The smallest absolute Gasteiger partial charge is 0.275 e. The van der Waals surface area contributed by atoms with E-state index in [4.69, 9.17) is 11.6 Å². The molecule has 9 heteroatoms. The molecule has 0 spiro atoms. The van der Waals surface area contributed by atoms with Crippen LogP contribution < -0.4 is 10.6 Å². The number of hydrogen-bond acceptors (Lipinski definition) is 5. The van der Waals surface area contributed by atoms with Crippen molar-refractivity contribution in [2.45, 2.75) is 25.8 Å². The van der Waals surface area contributed by atoms with Gasteiger partial charge in [-0.2, -0.15) is 0 Å². The summed E-state index contributed by atoms with van der Waals surface area (Å²) in [7, 11) is 0. The lowest BCUT2D eigenvalue weighted by Gasteiger charge is -2.40. The Morgan fingerprint density at radius 2 is 2.00 bits per heavy atom. The highest BCUT2D eigenvalue weighted by molar-refractivity contribution is 6.30. The van der Waals surface area contributed by atoms with E-state index in [0.29, 0.717) is 36.7 Å². The zero-order valence-electron chi connectivity index (χ0n) is 18.2. The molecular weight excluding hydrogens is 445 g/mol. The molecule has 0 radical (unpaired) electrons. The molecule has 2 heterocycles. The normalized spacial score (nSPS) is 15.2. The van der Waals surface area contributed by atoms with E-state index in [1.54, 1.807) is 19.9 Å². The summed E-state index contributed by atoms with van der Waals surface area (Å²) >= 11 is 5.78. The SMILES string of the molecule is CC1(C)C(=O)NCCN1C(=O)c1cnc(Nc2ccc(Cl)c(F)c2)c(Cc2ccccc2)n1. The highest BCUT2D eigenvalue weighted by Gasteiger charge is 2.41. The van der Waals surface area contributed by atoms with Crippen LogP contribution >= 0.6 is 11.6 Å². The third kappa shape index (κ3) is 4.80. The first kappa shape index (κ1) is 22.7. The minimum Gasteiger partial charge on any atom is -0.352 e. The van der Waals surface area contributed by atoms with Crippen molar-refractivity contribution in [3.05, 3.63) is 82.5 Å². The van der Waals surface area contributed by atoms with Crippen LogP contribution in [0.4, 0.5) is 15.9 Å². The predicted octanol–water partition coefficient (Wildman–Crippen LogP) is 3.95. The van der Waals surface area contributed by atoms with Gasteiger partial charge in [0.15, 0.2) is 5.82 Å². The van der Waals surface area contributed by atoms with Crippen molar-refractivity contribution in [3.8, 4) is 0 Å². The second-order valence-corrected chi connectivity index (χ2v) is 8.65. The maximum atomic E-state index is 13.9. The summed E-state index contributed by atoms with van der Waals surface area (Å²) in [4.78, 5) is 36.1. The lowest BCUT2D eigenvalue weighted by molar-refractivity contribution is -0.133. The first-order chi connectivity index (χ1) is 15.8. The van der Waals surface area contributed by atoms with Gasteiger partial charge >= 0.3 is 0 Å². The second-order valence-electron chi connectivity index (χ2n) is 8.24. The number of amides is 2. The highest BCUT2D eigenvalue weighted by atomic mass is 35.5. The average Bonchev–Trinajstić information content (AvgIpc) is 2.79. The van der Waals surface area contributed by atoms with Gasteiger partial charge in [-0.05, 0) is 37.6 Å². The Kier molecular flexibility index (Phi) is 6.29. The summed E-state index contributed by atoms with van der Waals surface area (Å²) in [5.74, 6) is -0.757. The molecule has 170 valence electrons. The van der Waals surface area contributed by atoms with Crippen LogP contribution in [0.5, 0.6) is 0 Å². The van der Waals surface area contributed by atoms with E-state index >= 15 is 0 Å². The van der Waals surface area contributed by atoms with Gasteiger partial charge in [0.2, 0.25) is 5.91 Å². The maximum absolute atomic E-state index is 13.9. The Morgan fingerprint density at radius 1 is 1.24 bits per heavy atom. The Bertz CT molecular complexity index is 1200. The number of rotatable bonds is 5. The van der Waals surface area contributed by atoms with Crippen LogP contribution in [-0.4, -0.2) is 45.3 Å². The van der Waals surface area contributed by atoms with Crippen molar-refractivity contribution >= 4 is 34.9 Å². The molecule has 1 aliphatic heterocycles. The fourth-order valence-electron chi connectivity index (χ4n) is 3.65. The summed E-state index contributed by atoms with van der Waals surface area (Å²) < 4.78 is 13.9. The van der Waals surface area contributed by atoms with Crippen LogP contribution in [-0.2, 0) is 11.2 Å². The van der Waals surface area contributed by atoms with Gasteiger partial charge in [-0.25, -0.2) is 14.4 Å². The summed E-state index contributed by atoms with van der Waals surface area (Å²) in [5.41, 5.74) is 1.07. The molecule has 1 aromatic heterocycles. The van der Waals surface area contributed by atoms with Gasteiger partial charge in [0.1, 0.15) is 17.1 Å². The molecule has 1 fully saturated rings. The number of hydrogen-bond donors (Lipinski definition) is 2. The molecule has 1 aliphatic rings. The fourth-order valence-corrected chi connectivity index (χ4v) is 3.77. The van der Waals surface area contributed by atoms with E-state index in [1.165, 1.54) is 23.2 Å². The van der Waals surface area contributed by atoms with Crippen LogP contribution in [0.3, 0.4) is 0 Å². The third-order valence-corrected chi connectivity index (χ3v) is 5.86. The van der Waals surface area contributed by atoms with Crippen LogP contribution in [0.15, 0.2) is 54.7 Å². The summed E-state index contributed by atoms with van der Waals surface area (Å²) in [5, 5.41) is 5.87. The van der Waals surface area contributed by atoms with Crippen molar-refractivity contribution in [2.75, 3.05) is 18.4 Å². The average molecular weight is 468 g/mol. The molecule has 4 rings (SSSR count). The molecule has 0 atom stereocenters. The van der Waals surface area contributed by atoms with Gasteiger partial charge in [-0.15, -0.1) is 0 Å². The fraction of sp³-hybridized carbons (Fsp3) is 0.250. The quantitative estimate of drug-likeness (QED) is 0.593. The predicted molar refractivity (Wildman–Crippen MR) is 124 cm³/mol. The third-order valence-electron chi connectivity index (χ3n) is 5.56. The Labute approximate surface area is 196 Å². The van der Waals surface area contributed by atoms with Crippen LogP contribution in [0, 0.1) is 5.82 Å². The number of carbonyl (C=O) groups is 2. The zero-order valence-corrected chi connectivity index (χ0v) is 19.0. The van der Waals surface area contributed by atoms with Crippen LogP contribution in [0.25, 0.3) is 0 Å². The molecule has 33 heavy (non-hydrogen) atoms. The molecule has 0 saturated carbocycles. The van der Waals surface area contributed by atoms with E-state index in [2.05, 4.69) is 20.6 Å². The number of nitrogens with one attached hydrogen (secondary N) is 2. The molecule has 1 saturated heterocycles. The lowest BCUT2D eigenvalue weighted by atomic mass is 9.98. The van der Waals surface area contributed by atoms with Crippen molar-refractivity contribution in [1.82, 2.24) is 20.2 Å². The number of carbonyl (C=O) groups excluding carboxylic acids is 2. The van der Waals surface area contributed by atoms with E-state index in [1.807, 2.05) is 30.3 Å². The summed E-state index contributed by atoms with van der Waals surface area (Å²) in [6.45, 7) is 4.14. The first-order valence-electron chi connectivity index (χ1n) is 10.5. The largest absolute Gasteiger partial charge is 0.352 e. The standard InChI is InChI=1S/C24H23ClFN5O2/c1-24(2)23(33)27-10-11-31(24)22(32)20-14-28-21(29-16-8-9-17(25)18(26)13-16)19(30-20)12-15-6-4-3-5-7-15/h3-9,13-14H,10-12H2,1-2H3,(H,27,33)(H,28,29). The van der Waals surface area contributed by atoms with Gasteiger partial charge in [0.05, 0.1) is 16.9 Å². The van der Waals surface area contributed by atoms with Crippen LogP contribution in [0.2, 0.25) is 5.02 Å². The molecule has 0 unspecified atom stereocenters. The number of anilines is 2. The molecule has 3 aromatic rings. The van der Waals surface area contributed by atoms with Crippen molar-refractivity contribution in [1.29, 1.82) is 0 Å². The summed E-state index contributed by atoms with van der Waals surface area (Å²) in [6.07, 6.45) is 1.77. The number of piperazine rings is 1. The van der Waals surface area contributed by atoms with Gasteiger partial charge < -0.3 is 15.5 Å². The molecule has 0 aliphatic carbocycles. The van der Waals surface area contributed by atoms with E-state index in [-0.39, 0.29) is 22.5 Å². The van der Waals surface area contributed by atoms with E-state index < -0.39 is 11.4 Å². The number of benzene rings is 2. The minimum atomic E-state index is -1.01. The van der Waals surface area contributed by atoms with Gasteiger partial charge in [0, 0.05) is 25.2 Å². The van der Waals surface area contributed by atoms with Crippen molar-refractivity contribution < 1.29 is 14.0 Å². The Balaban J connectivity index is 1.69. The van der Waals surface area contributed by atoms with Crippen LogP contribution in [0.1, 0.15) is 35.6 Å². The second kappa shape index (κ2) is 9.15. The lowest BCUT2D eigenvalue weighted by Crippen LogP contribution is -2.63. The molecule has 2 N–H and O–H groups in total. The van der Waals surface area contributed by atoms with Gasteiger partial charge in [-0.3, -0.25) is 9.59 Å². The number of nitrogens with zero attached hydrogens (tertiary/aromatic N) is 3. The molecular formula is C24H23ClFN5O2. The minimum absolute atomic E-state index is 0.0188. The maximum Gasteiger partial charge on any atom is 0.275 e. The summed E-state index contributed by atoms with van der Waals surface area (Å²) in [6, 6.07) is 14.0. The number of aromatic nitrogens is 2. The van der Waals surface area contributed by atoms with Crippen molar-refractivity contribution in [3.63, 3.8) is 0 Å². The first-order valence-corrected chi connectivity index (χ1v) is 10.9. The monoisotopic (exact) mass is 467 g/mol. The van der Waals surface area contributed by atoms with Crippen molar-refractivity contribution in [2.24, 2.45) is 0 Å². The molecule has 0 bridgehead atoms.